The molecule has 0 aromatic rings. The quantitative estimate of drug-likeness (QED) is 0.502. The van der Waals surface area contributed by atoms with Gasteiger partial charge < -0.3 is 0 Å². The van der Waals surface area contributed by atoms with Gasteiger partial charge in [-0.15, -0.1) is 0 Å². The van der Waals surface area contributed by atoms with Crippen molar-refractivity contribution in [3.8, 4) is 0 Å². The van der Waals surface area contributed by atoms with E-state index in [2.05, 4.69) is 6.92 Å². The van der Waals surface area contributed by atoms with E-state index in [0.29, 0.717) is 6.42 Å². The molecule has 0 saturated carbocycles. The lowest BCUT2D eigenvalue weighted by Gasteiger charge is -2.15. The lowest BCUT2D eigenvalue weighted by atomic mass is 9.93. The van der Waals surface area contributed by atoms with Crippen LogP contribution in [-0.4, -0.2) is 6.67 Å². The van der Waals surface area contributed by atoms with E-state index >= 15 is 0 Å². The summed E-state index contributed by atoms with van der Waals surface area (Å²) in [6, 6.07) is 0. The smallest absolute Gasteiger partial charge is 0.0945 e. The molecule has 0 aromatic heterocycles. The first-order valence-electron chi connectivity index (χ1n) is 2.47. The molecule has 0 nitrogen and oxygen atoms in total. The van der Waals surface area contributed by atoms with Crippen LogP contribution < -0.4 is 0 Å². The van der Waals surface area contributed by atoms with Crippen molar-refractivity contribution >= 4 is 0 Å². The first kappa shape index (κ1) is 6.93. The zero-order chi connectivity index (χ0) is 5.91. The van der Waals surface area contributed by atoms with Crippen molar-refractivity contribution in [2.24, 2.45) is 5.41 Å². The standard InChI is InChI=1S/C6H12F/c1-4-6(2,3)5-7/h1,4-5H2,2-3H3. The summed E-state index contributed by atoms with van der Waals surface area (Å²) >= 11 is 0. The molecule has 0 spiro atoms. The second kappa shape index (κ2) is 2.29. The Kier molecular flexibility index (Phi) is 2.27. The molecule has 0 saturated heterocycles. The van der Waals surface area contributed by atoms with Crippen molar-refractivity contribution in [2.75, 3.05) is 6.67 Å². The van der Waals surface area contributed by atoms with E-state index in [9.17, 15) is 4.39 Å². The lowest BCUT2D eigenvalue weighted by molar-refractivity contribution is 0.260. The third-order valence-corrected chi connectivity index (χ3v) is 1.04. The Labute approximate surface area is 44.7 Å². The van der Waals surface area contributed by atoms with E-state index in [1.807, 2.05) is 13.8 Å². The number of halogens is 1. The molecule has 0 bridgehead atoms. The topological polar surface area (TPSA) is 0 Å². The summed E-state index contributed by atoms with van der Waals surface area (Å²) < 4.78 is 11.7. The van der Waals surface area contributed by atoms with Crippen LogP contribution in [0.5, 0.6) is 0 Å². The molecule has 0 fully saturated rings. The van der Waals surface area contributed by atoms with Gasteiger partial charge in [0, 0.05) is 0 Å². The molecule has 0 amide bonds. The van der Waals surface area contributed by atoms with Gasteiger partial charge in [-0.1, -0.05) is 20.8 Å². The van der Waals surface area contributed by atoms with Crippen LogP contribution >= 0.6 is 0 Å². The Morgan fingerprint density at radius 2 is 2.00 bits per heavy atom. The predicted molar refractivity (Wildman–Crippen MR) is 29.7 cm³/mol. The Balaban J connectivity index is 3.36. The zero-order valence-electron chi connectivity index (χ0n) is 5.00. The fourth-order valence-corrected chi connectivity index (χ4v) is 0.0668. The third-order valence-electron chi connectivity index (χ3n) is 1.04. The number of alkyl halides is 1. The SMILES string of the molecule is [CH2]CC(C)(C)CF. The van der Waals surface area contributed by atoms with Gasteiger partial charge in [0.2, 0.25) is 0 Å². The Hall–Kier alpha value is -0.0700. The molecule has 0 aromatic carbocycles. The highest BCUT2D eigenvalue weighted by molar-refractivity contribution is 4.66. The van der Waals surface area contributed by atoms with Crippen molar-refractivity contribution in [2.45, 2.75) is 20.3 Å². The lowest BCUT2D eigenvalue weighted by Crippen LogP contribution is -2.11. The molecule has 0 aliphatic carbocycles. The van der Waals surface area contributed by atoms with Crippen LogP contribution in [0.1, 0.15) is 20.3 Å². The minimum absolute atomic E-state index is 0.194. The second-order valence-electron chi connectivity index (χ2n) is 2.55. The number of hydrogen-bond acceptors (Lipinski definition) is 0. The normalized spacial score (nSPS) is 12.0. The first-order chi connectivity index (χ1) is 3.12. The van der Waals surface area contributed by atoms with Gasteiger partial charge in [-0.2, -0.15) is 0 Å². The molecule has 0 unspecified atom stereocenters. The van der Waals surface area contributed by atoms with Gasteiger partial charge in [0.05, 0.1) is 6.67 Å². The van der Waals surface area contributed by atoms with Gasteiger partial charge >= 0.3 is 0 Å². The fourth-order valence-electron chi connectivity index (χ4n) is 0.0668. The van der Waals surface area contributed by atoms with E-state index in [-0.39, 0.29) is 12.1 Å². The minimum atomic E-state index is -0.267. The highest BCUT2D eigenvalue weighted by Gasteiger charge is 2.12. The summed E-state index contributed by atoms with van der Waals surface area (Å²) in [6.45, 7) is 7.04. The molecule has 43 valence electrons. The van der Waals surface area contributed by atoms with E-state index in [0.717, 1.165) is 0 Å². The maximum Gasteiger partial charge on any atom is 0.0945 e. The van der Waals surface area contributed by atoms with Crippen molar-refractivity contribution in [3.63, 3.8) is 0 Å². The summed E-state index contributed by atoms with van der Waals surface area (Å²) in [4.78, 5) is 0. The Morgan fingerprint density at radius 1 is 1.57 bits per heavy atom. The van der Waals surface area contributed by atoms with Gasteiger partial charge in [0.15, 0.2) is 0 Å². The molecule has 0 aliphatic rings. The van der Waals surface area contributed by atoms with Crippen LogP contribution in [-0.2, 0) is 0 Å². The summed E-state index contributed by atoms with van der Waals surface area (Å²) in [5.74, 6) is 0. The van der Waals surface area contributed by atoms with Gasteiger partial charge in [0.25, 0.3) is 0 Å². The molecule has 0 rings (SSSR count). The molecule has 0 atom stereocenters. The first-order valence-corrected chi connectivity index (χ1v) is 2.47. The molecule has 0 aliphatic heterocycles. The molecular weight excluding hydrogens is 91.1 g/mol. The molecule has 0 N–H and O–H groups in total. The minimum Gasteiger partial charge on any atom is -0.251 e. The molecule has 1 radical (unpaired) electrons. The zero-order valence-corrected chi connectivity index (χ0v) is 5.00. The van der Waals surface area contributed by atoms with Crippen molar-refractivity contribution < 1.29 is 4.39 Å². The van der Waals surface area contributed by atoms with Gasteiger partial charge in [-0.3, -0.25) is 4.39 Å². The molecule has 1 heteroatoms. The van der Waals surface area contributed by atoms with Crippen molar-refractivity contribution in [1.29, 1.82) is 0 Å². The van der Waals surface area contributed by atoms with E-state index in [1.54, 1.807) is 0 Å². The summed E-state index contributed by atoms with van der Waals surface area (Å²) in [7, 11) is 0. The van der Waals surface area contributed by atoms with Crippen molar-refractivity contribution in [3.05, 3.63) is 6.92 Å². The van der Waals surface area contributed by atoms with Gasteiger partial charge in [-0.25, -0.2) is 0 Å². The fraction of sp³-hybridized carbons (Fsp3) is 0.833. The number of rotatable bonds is 2. The summed E-state index contributed by atoms with van der Waals surface area (Å²) in [5, 5.41) is 0. The number of hydrogen-bond donors (Lipinski definition) is 0. The van der Waals surface area contributed by atoms with Crippen LogP contribution in [0.15, 0.2) is 0 Å². The predicted octanol–water partition coefficient (Wildman–Crippen LogP) is 2.21. The van der Waals surface area contributed by atoms with Crippen molar-refractivity contribution in [1.82, 2.24) is 0 Å². The van der Waals surface area contributed by atoms with Gasteiger partial charge in [-0.05, 0) is 11.8 Å². The average molecular weight is 103 g/mol. The average Bonchev–Trinajstić information content (AvgIpc) is 1.68. The molecule has 7 heavy (non-hydrogen) atoms. The van der Waals surface area contributed by atoms with Crippen LogP contribution in [0.25, 0.3) is 0 Å². The van der Waals surface area contributed by atoms with E-state index in [4.69, 9.17) is 0 Å². The van der Waals surface area contributed by atoms with E-state index < -0.39 is 0 Å². The maximum atomic E-state index is 11.7. The van der Waals surface area contributed by atoms with E-state index in [1.165, 1.54) is 0 Å². The highest BCUT2D eigenvalue weighted by atomic mass is 19.1. The van der Waals surface area contributed by atoms with Crippen LogP contribution in [0, 0.1) is 12.3 Å². The maximum absolute atomic E-state index is 11.7. The monoisotopic (exact) mass is 103 g/mol. The Morgan fingerprint density at radius 3 is 2.00 bits per heavy atom. The summed E-state index contributed by atoms with van der Waals surface area (Å²) in [6.07, 6.45) is 0.670. The van der Waals surface area contributed by atoms with Crippen LogP contribution in [0.4, 0.5) is 4.39 Å². The van der Waals surface area contributed by atoms with Crippen LogP contribution in [0.2, 0.25) is 0 Å². The third kappa shape index (κ3) is 2.60. The van der Waals surface area contributed by atoms with Gasteiger partial charge in [0.1, 0.15) is 0 Å². The second-order valence-corrected chi connectivity index (χ2v) is 2.55. The Bertz CT molecular complexity index is 42.1. The largest absolute Gasteiger partial charge is 0.251 e. The molecular formula is C6H12F. The summed E-state index contributed by atoms with van der Waals surface area (Å²) in [5.41, 5.74) is -0.194. The van der Waals surface area contributed by atoms with Crippen LogP contribution in [0.3, 0.4) is 0 Å². The highest BCUT2D eigenvalue weighted by Crippen LogP contribution is 2.18. The molecule has 0 heterocycles.